The van der Waals surface area contributed by atoms with Crippen molar-refractivity contribution in [1.29, 1.82) is 0 Å². The van der Waals surface area contributed by atoms with E-state index in [1.807, 2.05) is 4.57 Å². The fourth-order valence-corrected chi connectivity index (χ4v) is 6.94. The normalized spacial score (nSPS) is 12.2. The van der Waals surface area contributed by atoms with Gasteiger partial charge in [0.25, 0.3) is 12.9 Å². The van der Waals surface area contributed by atoms with Crippen molar-refractivity contribution in [2.75, 3.05) is 33.0 Å². The number of benzene rings is 2. The maximum Gasteiger partial charge on any atom is 0.355 e. The molecule has 0 saturated carbocycles. The van der Waals surface area contributed by atoms with Crippen molar-refractivity contribution in [3.63, 3.8) is 0 Å². The molecule has 0 fully saturated rings. The highest BCUT2D eigenvalue weighted by molar-refractivity contribution is 6.76. The average Bonchev–Trinajstić information content (AvgIpc) is 3.58. The summed E-state index contributed by atoms with van der Waals surface area (Å²) in [6, 6.07) is 11.9. The van der Waals surface area contributed by atoms with Crippen LogP contribution in [-0.2, 0) is 34.3 Å². The summed E-state index contributed by atoms with van der Waals surface area (Å²) >= 11 is 12.2. The fraction of sp³-hybridized carbons (Fsp3) is 0.528. The van der Waals surface area contributed by atoms with Gasteiger partial charge in [-0.1, -0.05) is 62.5 Å². The second-order valence-electron chi connectivity index (χ2n) is 14.7. The number of hydrogen-bond donors (Lipinski definition) is 1. The van der Waals surface area contributed by atoms with Gasteiger partial charge in [0.2, 0.25) is 0 Å². The molecule has 53 heavy (non-hydrogen) atoms. The maximum absolute atomic E-state index is 12.5. The molecule has 0 aliphatic rings. The van der Waals surface area contributed by atoms with Crippen LogP contribution in [-0.4, -0.2) is 82.2 Å². The molecule has 2 aromatic carbocycles. The first-order chi connectivity index (χ1) is 24.8. The quantitative estimate of drug-likeness (QED) is 0.0436. The van der Waals surface area contributed by atoms with Gasteiger partial charge in [0, 0.05) is 58.0 Å². The molecular formula is C36H50Cl2F4N2O7Si2. The molecule has 0 aliphatic carbocycles. The summed E-state index contributed by atoms with van der Waals surface area (Å²) < 4.78 is 80.1. The second kappa shape index (κ2) is 20.2. The molecule has 0 unspecified atom stereocenters. The lowest BCUT2D eigenvalue weighted by molar-refractivity contribution is 0.0477. The second-order valence-corrected chi connectivity index (χ2v) is 26.7. The molecule has 4 aromatic rings. The third kappa shape index (κ3) is 14.1. The molecule has 0 radical (unpaired) electrons. The van der Waals surface area contributed by atoms with E-state index < -0.39 is 48.2 Å². The number of aliphatic hydroxyl groups is 1. The first-order valence-electron chi connectivity index (χ1n) is 17.2. The number of carbonyl (C=O) groups excluding carboxylic acids is 1. The van der Waals surface area contributed by atoms with Crippen LogP contribution in [0.15, 0.2) is 36.4 Å². The smallest absolute Gasteiger partial charge is 0.355 e. The summed E-state index contributed by atoms with van der Waals surface area (Å²) in [6.45, 7) is 15.5. The summed E-state index contributed by atoms with van der Waals surface area (Å²) in [5, 5.41) is 11.5. The number of aliphatic hydroxyl groups excluding tert-OH is 1. The summed E-state index contributed by atoms with van der Waals surface area (Å²) in [7, 11) is -2.44. The van der Waals surface area contributed by atoms with E-state index in [4.69, 9.17) is 46.9 Å². The van der Waals surface area contributed by atoms with Crippen molar-refractivity contribution in [2.45, 2.75) is 91.2 Å². The third-order valence-electron chi connectivity index (χ3n) is 7.81. The molecule has 0 saturated heterocycles. The molecule has 2 aromatic heterocycles. The van der Waals surface area contributed by atoms with E-state index >= 15 is 0 Å². The van der Waals surface area contributed by atoms with Gasteiger partial charge < -0.3 is 37.9 Å². The molecule has 0 aliphatic heterocycles. The molecule has 296 valence electrons. The Morgan fingerprint density at radius 3 is 1.62 bits per heavy atom. The highest BCUT2D eigenvalue weighted by atomic mass is 35.5. The van der Waals surface area contributed by atoms with Gasteiger partial charge in [-0.2, -0.15) is 0 Å². The Hall–Kier alpha value is -2.80. The summed E-state index contributed by atoms with van der Waals surface area (Å²) in [4.78, 5) is 12.4. The number of esters is 1. The Labute approximate surface area is 320 Å². The van der Waals surface area contributed by atoms with Gasteiger partial charge in [0.05, 0.1) is 34.3 Å². The number of fused-ring (bicyclic) bond motifs is 2. The lowest BCUT2D eigenvalue weighted by Gasteiger charge is -2.17. The highest BCUT2D eigenvalue weighted by Crippen LogP contribution is 2.34. The molecule has 0 bridgehead atoms. The van der Waals surface area contributed by atoms with Gasteiger partial charge >= 0.3 is 5.97 Å². The lowest BCUT2D eigenvalue weighted by Crippen LogP contribution is -2.22. The summed E-state index contributed by atoms with van der Waals surface area (Å²) in [6.07, 6.45) is -5.19. The molecule has 9 nitrogen and oxygen atoms in total. The summed E-state index contributed by atoms with van der Waals surface area (Å²) in [5.41, 5.74) is 2.31. The molecule has 17 heteroatoms. The van der Waals surface area contributed by atoms with Crippen LogP contribution < -0.4 is 9.47 Å². The zero-order chi connectivity index (χ0) is 39.5. The Morgan fingerprint density at radius 2 is 1.19 bits per heavy atom. The Balaban J connectivity index is 0.000000287. The number of alkyl halides is 4. The first kappa shape index (κ1) is 44.6. The van der Waals surface area contributed by atoms with Crippen LogP contribution in [0.25, 0.3) is 21.8 Å². The minimum atomic E-state index is -2.61. The number of halogens is 6. The predicted molar refractivity (Wildman–Crippen MR) is 207 cm³/mol. The predicted octanol–water partition coefficient (Wildman–Crippen LogP) is 10.2. The molecule has 0 atom stereocenters. The van der Waals surface area contributed by atoms with E-state index in [9.17, 15) is 27.5 Å². The van der Waals surface area contributed by atoms with Crippen LogP contribution in [0.1, 0.15) is 23.1 Å². The summed E-state index contributed by atoms with van der Waals surface area (Å²) in [5.74, 6) is -0.162. The number of hydrogen-bond acceptors (Lipinski definition) is 7. The van der Waals surface area contributed by atoms with Crippen LogP contribution in [0, 0.1) is 0 Å². The van der Waals surface area contributed by atoms with E-state index in [1.165, 1.54) is 0 Å². The fourth-order valence-electron chi connectivity index (χ4n) is 4.97. The van der Waals surface area contributed by atoms with Crippen LogP contribution in [0.5, 0.6) is 11.5 Å². The molecule has 2 heterocycles. The highest BCUT2D eigenvalue weighted by Gasteiger charge is 2.21. The van der Waals surface area contributed by atoms with Gasteiger partial charge in [0.15, 0.2) is 0 Å². The standard InChI is InChI=1S/C19H26ClF2NO4Si.C17H24ClF2NO3Si/c1-5-26-19(24)16-9-13-8-14(20)17(27-11-18(21)22)10-15(13)23(16)12-25-6-7-28(2,3)4;1-25(2,3)5-4-23-11-21-13(9-22)6-12-7-14(18)16(8-15(12)21)24-10-17(19)20/h8-10,18H,5-7,11-12H2,1-4H3;6-8,17,22H,4-5,9-11H2,1-3H3. The third-order valence-corrected chi connectivity index (χ3v) is 11.8. The first-order valence-corrected chi connectivity index (χ1v) is 25.4. The van der Waals surface area contributed by atoms with E-state index in [2.05, 4.69) is 39.3 Å². The van der Waals surface area contributed by atoms with Crippen LogP contribution in [0.2, 0.25) is 61.4 Å². The van der Waals surface area contributed by atoms with Crippen molar-refractivity contribution in [3.8, 4) is 11.5 Å². The van der Waals surface area contributed by atoms with Gasteiger partial charge in [-0.25, -0.2) is 22.4 Å². The molecule has 1 N–H and O–H groups in total. The molecule has 4 rings (SSSR count). The maximum atomic E-state index is 12.5. The number of ether oxygens (including phenoxy) is 5. The topological polar surface area (TPSA) is 93.3 Å². The van der Waals surface area contributed by atoms with Crippen molar-refractivity contribution in [3.05, 3.63) is 57.8 Å². The van der Waals surface area contributed by atoms with E-state index in [0.29, 0.717) is 35.5 Å². The Bertz CT molecular complexity index is 1790. The van der Waals surface area contributed by atoms with Gasteiger partial charge in [-0.05, 0) is 43.3 Å². The van der Waals surface area contributed by atoms with Gasteiger partial charge in [-0.15, -0.1) is 0 Å². The lowest BCUT2D eigenvalue weighted by atomic mass is 10.2. The minimum Gasteiger partial charge on any atom is -0.486 e. The number of nitrogens with zero attached hydrogens (tertiary/aromatic N) is 2. The number of rotatable bonds is 19. The Kier molecular flexibility index (Phi) is 17.0. The number of carbonyl (C=O) groups is 1. The van der Waals surface area contributed by atoms with E-state index in [1.54, 1.807) is 47.9 Å². The van der Waals surface area contributed by atoms with Crippen LogP contribution in [0.3, 0.4) is 0 Å². The number of aromatic nitrogens is 2. The van der Waals surface area contributed by atoms with E-state index in [0.717, 1.165) is 23.0 Å². The molecule has 0 spiro atoms. The van der Waals surface area contributed by atoms with Crippen molar-refractivity contribution in [2.24, 2.45) is 0 Å². The van der Waals surface area contributed by atoms with Gasteiger partial charge in [0.1, 0.15) is 43.9 Å². The van der Waals surface area contributed by atoms with Crippen LogP contribution in [0.4, 0.5) is 17.6 Å². The minimum absolute atomic E-state index is 0.131. The van der Waals surface area contributed by atoms with E-state index in [-0.39, 0.29) is 48.2 Å². The van der Waals surface area contributed by atoms with Gasteiger partial charge in [-0.3, -0.25) is 0 Å². The van der Waals surface area contributed by atoms with Crippen molar-refractivity contribution < 1.29 is 51.1 Å². The SMILES string of the molecule is CCOC(=O)c1cc2cc(Cl)c(OCC(F)F)cc2n1COCC[Si](C)(C)C.C[Si](C)(C)CCOCn1c(CO)cc2cc(Cl)c(OCC(F)F)cc21. The van der Waals surface area contributed by atoms with Crippen LogP contribution >= 0.6 is 23.2 Å². The largest absolute Gasteiger partial charge is 0.486 e. The zero-order valence-corrected chi connectivity index (χ0v) is 34.8. The zero-order valence-electron chi connectivity index (χ0n) is 31.2. The van der Waals surface area contributed by atoms with Crippen molar-refractivity contribution >= 4 is 67.1 Å². The van der Waals surface area contributed by atoms with Crippen molar-refractivity contribution in [1.82, 2.24) is 9.13 Å². The molecule has 0 amide bonds. The molecular weight excluding hydrogens is 775 g/mol. The Morgan fingerprint density at radius 1 is 0.736 bits per heavy atom. The average molecular weight is 826 g/mol. The monoisotopic (exact) mass is 824 g/mol.